The molecule has 1 heterocycles. The number of amides is 1. The van der Waals surface area contributed by atoms with Gasteiger partial charge in [0.2, 0.25) is 5.91 Å². The van der Waals surface area contributed by atoms with Crippen molar-refractivity contribution in [1.29, 1.82) is 0 Å². The maximum absolute atomic E-state index is 13.5. The van der Waals surface area contributed by atoms with E-state index in [-0.39, 0.29) is 21.6 Å². The smallest absolute Gasteiger partial charge is 0.264 e. The summed E-state index contributed by atoms with van der Waals surface area (Å²) in [5.74, 6) is 0.225. The molecule has 0 spiro atoms. The lowest BCUT2D eigenvalue weighted by atomic mass is 9.99. The SMILES string of the molecule is CC1CCCN(c2ccc(C(C)NC(=O)CN(c3ccc(Cl)cc3Cl)S(=O)(=O)c3ccccc3)cc2)C1. The van der Waals surface area contributed by atoms with E-state index in [2.05, 4.69) is 29.3 Å². The van der Waals surface area contributed by atoms with Gasteiger partial charge in [0, 0.05) is 23.8 Å². The van der Waals surface area contributed by atoms with E-state index in [1.165, 1.54) is 42.8 Å². The summed E-state index contributed by atoms with van der Waals surface area (Å²) >= 11 is 12.4. The Morgan fingerprint density at radius 2 is 1.78 bits per heavy atom. The molecule has 0 saturated carbocycles. The fraction of sp³-hybridized carbons (Fsp3) is 0.321. The number of hydrogen-bond acceptors (Lipinski definition) is 4. The van der Waals surface area contributed by atoms with Gasteiger partial charge < -0.3 is 10.2 Å². The molecule has 37 heavy (non-hydrogen) atoms. The first-order valence-corrected chi connectivity index (χ1v) is 14.5. The number of hydrogen-bond donors (Lipinski definition) is 1. The highest BCUT2D eigenvalue weighted by Crippen LogP contribution is 2.33. The van der Waals surface area contributed by atoms with Crippen molar-refractivity contribution in [3.05, 3.63) is 88.4 Å². The van der Waals surface area contributed by atoms with Gasteiger partial charge in [-0.25, -0.2) is 8.42 Å². The molecule has 196 valence electrons. The number of piperidine rings is 1. The number of anilines is 2. The van der Waals surface area contributed by atoms with Gasteiger partial charge in [0.1, 0.15) is 6.54 Å². The van der Waals surface area contributed by atoms with Crippen molar-refractivity contribution in [2.45, 2.75) is 37.6 Å². The molecular formula is C28H31Cl2N3O3S. The second-order valence-electron chi connectivity index (χ2n) is 9.49. The van der Waals surface area contributed by atoms with Crippen molar-refractivity contribution in [3.8, 4) is 0 Å². The van der Waals surface area contributed by atoms with Gasteiger partial charge in [-0.15, -0.1) is 0 Å². The molecule has 2 unspecified atom stereocenters. The number of nitrogens with one attached hydrogen (secondary N) is 1. The van der Waals surface area contributed by atoms with Crippen molar-refractivity contribution >= 4 is 50.5 Å². The normalized spacial score (nSPS) is 16.8. The topological polar surface area (TPSA) is 69.7 Å². The first kappa shape index (κ1) is 27.3. The second-order valence-corrected chi connectivity index (χ2v) is 12.2. The van der Waals surface area contributed by atoms with Crippen molar-refractivity contribution < 1.29 is 13.2 Å². The molecule has 0 aromatic heterocycles. The summed E-state index contributed by atoms with van der Waals surface area (Å²) in [7, 11) is -4.07. The van der Waals surface area contributed by atoms with Gasteiger partial charge in [-0.05, 0) is 73.7 Å². The average molecular weight is 561 g/mol. The summed E-state index contributed by atoms with van der Waals surface area (Å²) in [5.41, 5.74) is 2.29. The Bertz CT molecular complexity index is 1330. The summed E-state index contributed by atoms with van der Waals surface area (Å²) in [5, 5.41) is 3.43. The molecule has 1 fully saturated rings. The minimum absolute atomic E-state index is 0.0597. The van der Waals surface area contributed by atoms with Crippen LogP contribution in [0.15, 0.2) is 77.7 Å². The van der Waals surface area contributed by atoms with Crippen molar-refractivity contribution in [1.82, 2.24) is 5.32 Å². The first-order chi connectivity index (χ1) is 17.6. The Balaban J connectivity index is 1.51. The molecule has 3 aromatic carbocycles. The molecule has 4 rings (SSSR count). The van der Waals surface area contributed by atoms with Crippen molar-refractivity contribution in [2.24, 2.45) is 5.92 Å². The van der Waals surface area contributed by atoms with Crippen LogP contribution in [0, 0.1) is 5.92 Å². The van der Waals surface area contributed by atoms with E-state index in [4.69, 9.17) is 23.2 Å². The fourth-order valence-corrected chi connectivity index (χ4v) is 6.62. The highest BCUT2D eigenvalue weighted by atomic mass is 35.5. The monoisotopic (exact) mass is 559 g/mol. The van der Waals surface area contributed by atoms with E-state index in [1.54, 1.807) is 24.3 Å². The summed E-state index contributed by atoms with van der Waals surface area (Å²) in [4.78, 5) is 15.6. The Morgan fingerprint density at radius 1 is 1.08 bits per heavy atom. The quantitative estimate of drug-likeness (QED) is 0.351. The van der Waals surface area contributed by atoms with Crippen LogP contribution >= 0.6 is 23.2 Å². The molecule has 0 radical (unpaired) electrons. The lowest BCUT2D eigenvalue weighted by molar-refractivity contribution is -0.120. The molecule has 3 aromatic rings. The van der Waals surface area contributed by atoms with Gasteiger partial charge in [0.15, 0.2) is 0 Å². The third kappa shape index (κ3) is 6.58. The number of carbonyl (C=O) groups excluding carboxylic acids is 1. The zero-order valence-corrected chi connectivity index (χ0v) is 23.2. The van der Waals surface area contributed by atoms with Gasteiger partial charge in [-0.1, -0.05) is 60.5 Å². The highest BCUT2D eigenvalue weighted by molar-refractivity contribution is 7.92. The second kappa shape index (κ2) is 11.8. The van der Waals surface area contributed by atoms with Gasteiger partial charge in [-0.3, -0.25) is 9.10 Å². The predicted octanol–water partition coefficient (Wildman–Crippen LogP) is 6.30. The standard InChI is InChI=1S/C28H31Cl2N3O3S/c1-20-7-6-16-32(18-20)24-13-10-22(11-14-24)21(2)31-28(34)19-33(27-15-12-23(29)17-26(27)30)37(35,36)25-8-4-3-5-9-25/h3-5,8-15,17,20-21H,6-7,16,18-19H2,1-2H3,(H,31,34). The van der Waals surface area contributed by atoms with Crippen LogP contribution in [0.25, 0.3) is 0 Å². The Hall–Kier alpha value is -2.74. The molecule has 6 nitrogen and oxygen atoms in total. The number of carbonyl (C=O) groups is 1. The highest BCUT2D eigenvalue weighted by Gasteiger charge is 2.29. The summed E-state index contributed by atoms with van der Waals surface area (Å²) in [6, 6.07) is 20.3. The van der Waals surface area contributed by atoms with Crippen molar-refractivity contribution in [3.63, 3.8) is 0 Å². The van der Waals surface area contributed by atoms with E-state index in [0.717, 1.165) is 23.0 Å². The fourth-order valence-electron chi connectivity index (χ4n) is 4.60. The lowest BCUT2D eigenvalue weighted by Crippen LogP contribution is -2.41. The van der Waals surface area contributed by atoms with Gasteiger partial charge in [-0.2, -0.15) is 0 Å². The van der Waals surface area contributed by atoms with Crippen LogP contribution in [0.3, 0.4) is 0 Å². The molecule has 1 N–H and O–H groups in total. The zero-order chi connectivity index (χ0) is 26.6. The van der Waals surface area contributed by atoms with Crippen LogP contribution < -0.4 is 14.5 Å². The first-order valence-electron chi connectivity index (χ1n) is 12.3. The van der Waals surface area contributed by atoms with Crippen LogP contribution in [0.4, 0.5) is 11.4 Å². The van der Waals surface area contributed by atoms with Gasteiger partial charge >= 0.3 is 0 Å². The number of halogens is 2. The Morgan fingerprint density at radius 3 is 2.43 bits per heavy atom. The van der Waals surface area contributed by atoms with Gasteiger partial charge in [0.05, 0.1) is 21.6 Å². The number of sulfonamides is 1. The van der Waals surface area contributed by atoms with E-state index < -0.39 is 22.5 Å². The molecule has 2 atom stereocenters. The summed E-state index contributed by atoms with van der Waals surface area (Å²) < 4.78 is 28.1. The van der Waals surface area contributed by atoms with Crippen LogP contribution in [0.5, 0.6) is 0 Å². The molecular weight excluding hydrogens is 529 g/mol. The van der Waals surface area contributed by atoms with E-state index in [0.29, 0.717) is 10.9 Å². The molecule has 1 saturated heterocycles. The van der Waals surface area contributed by atoms with E-state index in [9.17, 15) is 13.2 Å². The van der Waals surface area contributed by atoms with Crippen LogP contribution in [0.1, 0.15) is 38.3 Å². The minimum Gasteiger partial charge on any atom is -0.371 e. The number of nitrogens with zero attached hydrogens (tertiary/aromatic N) is 2. The number of benzene rings is 3. The van der Waals surface area contributed by atoms with Gasteiger partial charge in [0.25, 0.3) is 10.0 Å². The molecule has 9 heteroatoms. The maximum Gasteiger partial charge on any atom is 0.264 e. The molecule has 0 aliphatic carbocycles. The molecule has 1 aliphatic heterocycles. The predicted molar refractivity (Wildman–Crippen MR) is 151 cm³/mol. The van der Waals surface area contributed by atoms with Crippen LogP contribution in [0.2, 0.25) is 10.0 Å². The lowest BCUT2D eigenvalue weighted by Gasteiger charge is -2.33. The largest absolute Gasteiger partial charge is 0.371 e. The van der Waals surface area contributed by atoms with E-state index >= 15 is 0 Å². The third-order valence-electron chi connectivity index (χ3n) is 6.59. The summed E-state index contributed by atoms with van der Waals surface area (Å²) in [6.07, 6.45) is 2.45. The van der Waals surface area contributed by atoms with Crippen LogP contribution in [-0.4, -0.2) is 34.0 Å². The Labute approximate surface area is 229 Å². The van der Waals surface area contributed by atoms with Crippen LogP contribution in [-0.2, 0) is 14.8 Å². The average Bonchev–Trinajstić information content (AvgIpc) is 2.88. The van der Waals surface area contributed by atoms with Crippen molar-refractivity contribution in [2.75, 3.05) is 28.8 Å². The molecule has 1 amide bonds. The third-order valence-corrected chi connectivity index (χ3v) is 8.90. The Kier molecular flexibility index (Phi) is 8.67. The zero-order valence-electron chi connectivity index (χ0n) is 20.9. The molecule has 1 aliphatic rings. The summed E-state index contributed by atoms with van der Waals surface area (Å²) in [6.45, 7) is 5.81. The molecule has 0 bridgehead atoms. The maximum atomic E-state index is 13.5. The number of rotatable bonds is 8. The minimum atomic E-state index is -4.07. The van der Waals surface area contributed by atoms with E-state index in [1.807, 2.05) is 19.1 Å².